The Kier molecular flexibility index (Phi) is 5.60. The molecule has 0 spiro atoms. The Labute approximate surface area is 138 Å². The normalized spacial score (nSPS) is 10.9. The van der Waals surface area contributed by atoms with Crippen LogP contribution in [-0.4, -0.2) is 11.8 Å². The molecule has 110 valence electrons. The number of nitriles is 1. The Balaban J connectivity index is 2.24. The Morgan fingerprint density at radius 1 is 1.23 bits per heavy atom. The third-order valence-corrected chi connectivity index (χ3v) is 3.24. The molecule has 5 heteroatoms. The molecule has 0 saturated heterocycles. The highest BCUT2D eigenvalue weighted by Gasteiger charge is 2.04. The molecule has 2 aromatic rings. The van der Waals surface area contributed by atoms with Crippen LogP contribution in [0.25, 0.3) is 11.6 Å². The number of benzene rings is 2. The van der Waals surface area contributed by atoms with Crippen molar-refractivity contribution in [2.75, 3.05) is 5.88 Å². The van der Waals surface area contributed by atoms with Crippen LogP contribution in [0.5, 0.6) is 5.75 Å². The summed E-state index contributed by atoms with van der Waals surface area (Å²) in [5.41, 5.74) is 2.04. The number of alkyl halides is 1. The van der Waals surface area contributed by atoms with E-state index in [0.29, 0.717) is 16.3 Å². The smallest absolute Gasteiger partial charge is 0.326 e. The van der Waals surface area contributed by atoms with E-state index in [1.165, 1.54) is 0 Å². The number of hydrogen-bond acceptors (Lipinski definition) is 3. The molecule has 0 saturated carbocycles. The lowest BCUT2D eigenvalue weighted by Gasteiger charge is -2.03. The minimum atomic E-state index is -0.512. The lowest BCUT2D eigenvalue weighted by molar-refractivity contribution is -0.131. The average Bonchev–Trinajstić information content (AvgIpc) is 2.54. The molecule has 2 rings (SSSR count). The maximum atomic E-state index is 11.1. The van der Waals surface area contributed by atoms with Gasteiger partial charge in [-0.2, -0.15) is 5.26 Å². The van der Waals surface area contributed by atoms with Crippen molar-refractivity contribution in [1.82, 2.24) is 0 Å². The molecule has 0 aliphatic heterocycles. The molecule has 3 nitrogen and oxygen atoms in total. The van der Waals surface area contributed by atoms with Gasteiger partial charge in [0.15, 0.2) is 0 Å². The zero-order valence-corrected chi connectivity index (χ0v) is 12.9. The van der Waals surface area contributed by atoms with Gasteiger partial charge in [0.25, 0.3) is 0 Å². The molecule has 0 amide bonds. The first-order valence-corrected chi connectivity index (χ1v) is 7.28. The van der Waals surface area contributed by atoms with Crippen LogP contribution in [0.4, 0.5) is 0 Å². The van der Waals surface area contributed by atoms with Gasteiger partial charge in [-0.05, 0) is 41.5 Å². The van der Waals surface area contributed by atoms with Crippen LogP contribution < -0.4 is 4.74 Å². The van der Waals surface area contributed by atoms with Crippen molar-refractivity contribution < 1.29 is 9.53 Å². The number of hydrogen-bond donors (Lipinski definition) is 0. The zero-order chi connectivity index (χ0) is 15.9. The number of ether oxygens (including phenoxy) is 1. The van der Waals surface area contributed by atoms with Crippen molar-refractivity contribution in [1.29, 1.82) is 5.26 Å². The summed E-state index contributed by atoms with van der Waals surface area (Å²) in [7, 11) is 0. The highest BCUT2D eigenvalue weighted by atomic mass is 35.5. The van der Waals surface area contributed by atoms with Crippen LogP contribution in [0.2, 0.25) is 5.02 Å². The summed E-state index contributed by atoms with van der Waals surface area (Å²) in [4.78, 5) is 11.1. The molecule has 0 bridgehead atoms. The molecule has 0 atom stereocenters. The van der Waals surface area contributed by atoms with Crippen molar-refractivity contribution in [3.8, 4) is 11.8 Å². The van der Waals surface area contributed by atoms with Gasteiger partial charge >= 0.3 is 5.97 Å². The summed E-state index contributed by atoms with van der Waals surface area (Å²) in [5.74, 6) is -0.305. The fourth-order valence-corrected chi connectivity index (χ4v) is 2.04. The van der Waals surface area contributed by atoms with Crippen LogP contribution in [0.15, 0.2) is 48.5 Å². The van der Waals surface area contributed by atoms with Gasteiger partial charge in [-0.3, -0.25) is 4.79 Å². The molecule has 22 heavy (non-hydrogen) atoms. The third-order valence-electron chi connectivity index (χ3n) is 2.79. The standard InChI is InChI=1S/C17H11Cl2NO2/c18-10-17(21)22-16-6-4-12(5-7-16)8-14(11-20)13-2-1-3-15(19)9-13/h1-9H,10H2/b14-8-. The fourth-order valence-electron chi connectivity index (χ4n) is 1.79. The SMILES string of the molecule is N#C/C(=C/c1ccc(OC(=O)CCl)cc1)c1cccc(Cl)c1. The highest BCUT2D eigenvalue weighted by molar-refractivity contribution is 6.30. The quantitative estimate of drug-likeness (QED) is 0.271. The number of carbonyl (C=O) groups is 1. The molecule has 0 aromatic heterocycles. The van der Waals surface area contributed by atoms with Gasteiger partial charge in [-0.1, -0.05) is 35.9 Å². The summed E-state index contributed by atoms with van der Waals surface area (Å²) in [6, 6.07) is 16.0. The summed E-state index contributed by atoms with van der Waals surface area (Å²) in [6.45, 7) is 0. The number of nitrogens with zero attached hydrogens (tertiary/aromatic N) is 1. The van der Waals surface area contributed by atoms with Gasteiger partial charge in [0, 0.05) is 5.02 Å². The van der Waals surface area contributed by atoms with Crippen molar-refractivity contribution in [2.24, 2.45) is 0 Å². The van der Waals surface area contributed by atoms with Crippen LogP contribution >= 0.6 is 23.2 Å². The number of halogens is 2. The van der Waals surface area contributed by atoms with E-state index in [1.54, 1.807) is 48.5 Å². The predicted octanol–water partition coefficient (Wildman–Crippen LogP) is 4.55. The van der Waals surface area contributed by atoms with Crippen LogP contribution in [0, 0.1) is 11.3 Å². The predicted molar refractivity (Wildman–Crippen MR) is 87.7 cm³/mol. The highest BCUT2D eigenvalue weighted by Crippen LogP contribution is 2.22. The van der Waals surface area contributed by atoms with Gasteiger partial charge in [0.2, 0.25) is 0 Å². The first-order valence-electron chi connectivity index (χ1n) is 6.37. The second-order valence-corrected chi connectivity index (χ2v) is 5.06. The van der Waals surface area contributed by atoms with Gasteiger partial charge < -0.3 is 4.74 Å². The number of rotatable bonds is 4. The molecule has 0 heterocycles. The van der Waals surface area contributed by atoms with Crippen molar-refractivity contribution in [2.45, 2.75) is 0 Å². The molecule has 0 radical (unpaired) electrons. The first kappa shape index (κ1) is 16.1. The maximum absolute atomic E-state index is 11.1. The van der Waals surface area contributed by atoms with Crippen LogP contribution in [-0.2, 0) is 4.79 Å². The fraction of sp³-hybridized carbons (Fsp3) is 0.0588. The molecule has 0 unspecified atom stereocenters. The van der Waals surface area contributed by atoms with E-state index in [-0.39, 0.29) is 5.88 Å². The topological polar surface area (TPSA) is 50.1 Å². The van der Waals surface area contributed by atoms with Crippen molar-refractivity contribution in [3.63, 3.8) is 0 Å². The lowest BCUT2D eigenvalue weighted by Crippen LogP contribution is -2.08. The summed E-state index contributed by atoms with van der Waals surface area (Å²) in [6.07, 6.45) is 1.73. The maximum Gasteiger partial charge on any atom is 0.326 e. The van der Waals surface area contributed by atoms with Gasteiger partial charge in [-0.15, -0.1) is 11.6 Å². The second kappa shape index (κ2) is 7.65. The second-order valence-electron chi connectivity index (χ2n) is 4.36. The van der Waals surface area contributed by atoms with E-state index < -0.39 is 5.97 Å². The monoisotopic (exact) mass is 331 g/mol. The Morgan fingerprint density at radius 2 is 1.95 bits per heavy atom. The van der Waals surface area contributed by atoms with E-state index in [9.17, 15) is 10.1 Å². The summed E-state index contributed by atoms with van der Waals surface area (Å²) < 4.78 is 4.98. The minimum absolute atomic E-state index is 0.199. The summed E-state index contributed by atoms with van der Waals surface area (Å²) in [5, 5.41) is 9.86. The first-order chi connectivity index (χ1) is 10.6. The van der Waals surface area contributed by atoms with Gasteiger partial charge in [0.05, 0.1) is 11.6 Å². The summed E-state index contributed by atoms with van der Waals surface area (Å²) >= 11 is 11.3. The Morgan fingerprint density at radius 3 is 2.55 bits per heavy atom. The molecule has 0 N–H and O–H groups in total. The Hall–Kier alpha value is -2.28. The third kappa shape index (κ3) is 4.36. The van der Waals surface area contributed by atoms with E-state index in [1.807, 2.05) is 6.07 Å². The number of allylic oxidation sites excluding steroid dienone is 1. The average molecular weight is 332 g/mol. The zero-order valence-electron chi connectivity index (χ0n) is 11.4. The molecule has 0 aliphatic carbocycles. The van der Waals surface area contributed by atoms with Crippen molar-refractivity contribution in [3.05, 3.63) is 64.7 Å². The minimum Gasteiger partial charge on any atom is -0.426 e. The molecular formula is C17H11Cl2NO2. The Bertz CT molecular complexity index is 746. The van der Waals surface area contributed by atoms with Gasteiger partial charge in [0.1, 0.15) is 11.6 Å². The number of carbonyl (C=O) groups excluding carboxylic acids is 1. The molecule has 0 aliphatic rings. The van der Waals surface area contributed by atoms with E-state index in [2.05, 4.69) is 6.07 Å². The number of esters is 1. The van der Waals surface area contributed by atoms with E-state index >= 15 is 0 Å². The molecule has 2 aromatic carbocycles. The van der Waals surface area contributed by atoms with Gasteiger partial charge in [-0.25, -0.2) is 0 Å². The van der Waals surface area contributed by atoms with Crippen LogP contribution in [0.1, 0.15) is 11.1 Å². The van der Waals surface area contributed by atoms with Crippen molar-refractivity contribution >= 4 is 40.8 Å². The molecule has 0 fully saturated rings. The molecular weight excluding hydrogens is 321 g/mol. The van der Waals surface area contributed by atoms with E-state index in [4.69, 9.17) is 27.9 Å². The largest absolute Gasteiger partial charge is 0.426 e. The lowest BCUT2D eigenvalue weighted by atomic mass is 10.0. The van der Waals surface area contributed by atoms with Crippen LogP contribution in [0.3, 0.4) is 0 Å². The van der Waals surface area contributed by atoms with E-state index in [0.717, 1.165) is 11.1 Å².